The van der Waals surface area contributed by atoms with Crippen LogP contribution in [0.4, 0.5) is 5.69 Å². The fourth-order valence-electron chi connectivity index (χ4n) is 1.47. The molecule has 0 atom stereocenters. The maximum absolute atomic E-state index is 11.6. The van der Waals surface area contributed by atoms with E-state index in [1.807, 2.05) is 12.1 Å². The van der Waals surface area contributed by atoms with Crippen LogP contribution >= 0.6 is 15.9 Å². The van der Waals surface area contributed by atoms with Gasteiger partial charge in [0.05, 0.1) is 18.1 Å². The number of hydrogen-bond acceptors (Lipinski definition) is 3. The van der Waals surface area contributed by atoms with Gasteiger partial charge in [0.25, 0.3) is 0 Å². The van der Waals surface area contributed by atoms with E-state index >= 15 is 0 Å². The Balaban J connectivity index is 1.90. The maximum atomic E-state index is 11.6. The number of rotatable bonds is 5. The van der Waals surface area contributed by atoms with Crippen LogP contribution in [0.5, 0.6) is 5.75 Å². The minimum Gasteiger partial charge on any atom is -0.495 e. The average Bonchev–Trinajstić information content (AvgIpc) is 3.13. The molecule has 1 saturated carbocycles. The summed E-state index contributed by atoms with van der Waals surface area (Å²) in [5.41, 5.74) is 0.743. The molecule has 0 aliphatic heterocycles. The predicted octanol–water partition coefficient (Wildman–Crippen LogP) is 2.15. The number of hydrogen-bond donors (Lipinski definition) is 2. The normalized spacial score (nSPS) is 14.5. The van der Waals surface area contributed by atoms with Gasteiger partial charge in [0.15, 0.2) is 0 Å². The summed E-state index contributed by atoms with van der Waals surface area (Å²) in [6, 6.07) is 6.02. The first-order valence-electron chi connectivity index (χ1n) is 5.56. The zero-order valence-corrected chi connectivity index (χ0v) is 11.2. The summed E-state index contributed by atoms with van der Waals surface area (Å²) in [7, 11) is 1.60. The van der Waals surface area contributed by atoms with Crippen molar-refractivity contribution in [1.29, 1.82) is 0 Å². The topological polar surface area (TPSA) is 50.4 Å². The second-order valence-corrected chi connectivity index (χ2v) is 4.91. The van der Waals surface area contributed by atoms with Crippen LogP contribution in [-0.4, -0.2) is 25.6 Å². The fourth-order valence-corrected chi connectivity index (χ4v) is 1.88. The lowest BCUT2D eigenvalue weighted by molar-refractivity contribution is -0.115. The van der Waals surface area contributed by atoms with Crippen molar-refractivity contribution in [2.75, 3.05) is 19.0 Å². The maximum Gasteiger partial charge on any atom is 0.238 e. The third-order valence-corrected chi connectivity index (χ3v) is 3.22. The molecule has 0 saturated heterocycles. The highest BCUT2D eigenvalue weighted by atomic mass is 79.9. The highest BCUT2D eigenvalue weighted by Gasteiger charge is 2.21. The van der Waals surface area contributed by atoms with Gasteiger partial charge in [-0.1, -0.05) is 0 Å². The lowest BCUT2D eigenvalue weighted by atomic mass is 10.3. The van der Waals surface area contributed by atoms with Crippen molar-refractivity contribution in [3.63, 3.8) is 0 Å². The molecule has 0 heterocycles. The Hall–Kier alpha value is -1.07. The molecule has 2 rings (SSSR count). The molecule has 5 heteroatoms. The van der Waals surface area contributed by atoms with Crippen molar-refractivity contribution in [3.8, 4) is 5.75 Å². The van der Waals surface area contributed by atoms with E-state index in [0.29, 0.717) is 18.3 Å². The smallest absolute Gasteiger partial charge is 0.238 e. The van der Waals surface area contributed by atoms with E-state index in [4.69, 9.17) is 4.74 Å². The first-order chi connectivity index (χ1) is 8.19. The van der Waals surface area contributed by atoms with Crippen LogP contribution in [0.3, 0.4) is 0 Å². The summed E-state index contributed by atoms with van der Waals surface area (Å²) in [5.74, 6) is 0.680. The van der Waals surface area contributed by atoms with Crippen LogP contribution in [0.25, 0.3) is 0 Å². The van der Waals surface area contributed by atoms with E-state index < -0.39 is 0 Å². The van der Waals surface area contributed by atoms with Crippen LogP contribution in [0.15, 0.2) is 22.7 Å². The Morgan fingerprint density at radius 2 is 2.29 bits per heavy atom. The third kappa shape index (κ3) is 3.71. The largest absolute Gasteiger partial charge is 0.495 e. The number of anilines is 1. The van der Waals surface area contributed by atoms with Gasteiger partial charge in [0, 0.05) is 17.8 Å². The predicted molar refractivity (Wildman–Crippen MR) is 70.3 cm³/mol. The van der Waals surface area contributed by atoms with Crippen molar-refractivity contribution in [1.82, 2.24) is 5.32 Å². The number of carbonyl (C=O) groups is 1. The van der Waals surface area contributed by atoms with Gasteiger partial charge in [0.1, 0.15) is 5.75 Å². The van der Waals surface area contributed by atoms with Crippen LogP contribution in [-0.2, 0) is 4.79 Å². The van der Waals surface area contributed by atoms with E-state index in [-0.39, 0.29) is 5.91 Å². The monoisotopic (exact) mass is 298 g/mol. The molecule has 1 aromatic rings. The second-order valence-electron chi connectivity index (χ2n) is 4.05. The molecule has 4 nitrogen and oxygen atoms in total. The Labute approximate surface area is 109 Å². The molecule has 1 fully saturated rings. The van der Waals surface area contributed by atoms with Crippen molar-refractivity contribution in [2.45, 2.75) is 18.9 Å². The van der Waals surface area contributed by atoms with Crippen LogP contribution in [0, 0.1) is 0 Å². The summed E-state index contributed by atoms with van der Waals surface area (Å²) in [6.07, 6.45) is 2.36. The number of benzene rings is 1. The Morgan fingerprint density at radius 3 is 2.94 bits per heavy atom. The zero-order valence-electron chi connectivity index (χ0n) is 9.63. The first kappa shape index (κ1) is 12.4. The Bertz CT molecular complexity index is 419. The summed E-state index contributed by atoms with van der Waals surface area (Å²) in [5, 5.41) is 5.99. The number of halogens is 1. The van der Waals surface area contributed by atoms with E-state index in [0.717, 1.165) is 10.2 Å². The zero-order chi connectivity index (χ0) is 12.3. The quantitative estimate of drug-likeness (QED) is 0.876. The molecule has 1 aliphatic rings. The minimum atomic E-state index is -0.0266. The summed E-state index contributed by atoms with van der Waals surface area (Å²) in [6.45, 7) is 0.364. The van der Waals surface area contributed by atoms with Crippen molar-refractivity contribution in [3.05, 3.63) is 22.7 Å². The van der Waals surface area contributed by atoms with Crippen LogP contribution < -0.4 is 15.4 Å². The molecule has 0 unspecified atom stereocenters. The SMILES string of the molecule is COc1cc(NC(=O)CNC2CC2)ccc1Br. The molecule has 2 N–H and O–H groups in total. The molecule has 0 bridgehead atoms. The first-order valence-corrected chi connectivity index (χ1v) is 6.35. The van der Waals surface area contributed by atoms with Crippen LogP contribution in [0.2, 0.25) is 0 Å². The number of carbonyl (C=O) groups excluding carboxylic acids is 1. The summed E-state index contributed by atoms with van der Waals surface area (Å²) in [4.78, 5) is 11.6. The molecule has 92 valence electrons. The highest BCUT2D eigenvalue weighted by Crippen LogP contribution is 2.27. The average molecular weight is 299 g/mol. The molecule has 1 aliphatic carbocycles. The van der Waals surface area contributed by atoms with Gasteiger partial charge in [-0.15, -0.1) is 0 Å². The molecular formula is C12H15BrN2O2. The number of amides is 1. The summed E-state index contributed by atoms with van der Waals surface area (Å²) < 4.78 is 6.03. The number of methoxy groups -OCH3 is 1. The summed E-state index contributed by atoms with van der Waals surface area (Å²) >= 11 is 3.36. The van der Waals surface area contributed by atoms with Gasteiger partial charge in [-0.2, -0.15) is 0 Å². The molecule has 1 amide bonds. The standard InChI is InChI=1S/C12H15BrN2O2/c1-17-11-6-9(4-5-10(11)13)15-12(16)7-14-8-2-3-8/h4-6,8,14H,2-3,7H2,1H3,(H,15,16). The van der Waals surface area contributed by atoms with Gasteiger partial charge in [-0.25, -0.2) is 0 Å². The number of ether oxygens (including phenoxy) is 1. The van der Waals surface area contributed by atoms with Crippen molar-refractivity contribution >= 4 is 27.5 Å². The van der Waals surface area contributed by atoms with Gasteiger partial charge >= 0.3 is 0 Å². The third-order valence-electron chi connectivity index (χ3n) is 2.56. The molecule has 0 spiro atoms. The lowest BCUT2D eigenvalue weighted by Crippen LogP contribution is -2.29. The van der Waals surface area contributed by atoms with Gasteiger partial charge in [0.2, 0.25) is 5.91 Å². The molecule has 0 radical (unpaired) electrons. The highest BCUT2D eigenvalue weighted by molar-refractivity contribution is 9.10. The van der Waals surface area contributed by atoms with E-state index in [9.17, 15) is 4.79 Å². The van der Waals surface area contributed by atoms with Crippen LogP contribution in [0.1, 0.15) is 12.8 Å². The van der Waals surface area contributed by atoms with Gasteiger partial charge < -0.3 is 15.4 Å². The Morgan fingerprint density at radius 1 is 1.53 bits per heavy atom. The lowest BCUT2D eigenvalue weighted by Gasteiger charge is -2.08. The van der Waals surface area contributed by atoms with E-state index in [1.165, 1.54) is 12.8 Å². The van der Waals surface area contributed by atoms with E-state index in [1.54, 1.807) is 13.2 Å². The van der Waals surface area contributed by atoms with Gasteiger partial charge in [-0.05, 0) is 40.9 Å². The fraction of sp³-hybridized carbons (Fsp3) is 0.417. The van der Waals surface area contributed by atoms with Crippen molar-refractivity contribution < 1.29 is 9.53 Å². The number of nitrogens with one attached hydrogen (secondary N) is 2. The molecule has 0 aromatic heterocycles. The van der Waals surface area contributed by atoms with Gasteiger partial charge in [-0.3, -0.25) is 4.79 Å². The van der Waals surface area contributed by atoms with Crippen molar-refractivity contribution in [2.24, 2.45) is 0 Å². The second kappa shape index (κ2) is 5.51. The molecule has 17 heavy (non-hydrogen) atoms. The Kier molecular flexibility index (Phi) is 4.02. The molecule has 1 aromatic carbocycles. The van der Waals surface area contributed by atoms with E-state index in [2.05, 4.69) is 26.6 Å². The molecular weight excluding hydrogens is 284 g/mol. The minimum absolute atomic E-state index is 0.0266.